The summed E-state index contributed by atoms with van der Waals surface area (Å²) in [5, 5.41) is 0. The number of aryl methyl sites for hydroxylation is 1. The van der Waals surface area contributed by atoms with Gasteiger partial charge in [0.25, 0.3) is 0 Å². The molecule has 1 unspecified atom stereocenters. The summed E-state index contributed by atoms with van der Waals surface area (Å²) in [6.07, 6.45) is 6.33. The lowest BCUT2D eigenvalue weighted by Crippen LogP contribution is -2.16. The largest absolute Gasteiger partial charge is 0.490 e. The topological polar surface area (TPSA) is 35.2 Å². The molecule has 1 aromatic carbocycles. The van der Waals surface area contributed by atoms with Gasteiger partial charge in [-0.1, -0.05) is 44.5 Å². The zero-order valence-corrected chi connectivity index (χ0v) is 13.1. The molecule has 0 saturated carbocycles. The molecule has 19 heavy (non-hydrogen) atoms. The van der Waals surface area contributed by atoms with Gasteiger partial charge in [0.15, 0.2) is 0 Å². The molecule has 0 aliphatic carbocycles. The van der Waals surface area contributed by atoms with Crippen LogP contribution in [0.5, 0.6) is 5.75 Å². The van der Waals surface area contributed by atoms with Crippen molar-refractivity contribution in [3.63, 3.8) is 0 Å². The highest BCUT2D eigenvalue weighted by molar-refractivity contribution is 7.80. The number of ether oxygens (including phenoxy) is 1. The SMILES string of the molecule is CCCCCCC(C)Oc1cc(C)ccc1C(N)=S. The van der Waals surface area contributed by atoms with Gasteiger partial charge in [-0.25, -0.2) is 0 Å². The van der Waals surface area contributed by atoms with Crippen molar-refractivity contribution in [2.45, 2.75) is 59.0 Å². The first kappa shape index (κ1) is 16.0. The van der Waals surface area contributed by atoms with Crippen LogP contribution in [0.25, 0.3) is 0 Å². The minimum absolute atomic E-state index is 0.201. The van der Waals surface area contributed by atoms with Crippen LogP contribution in [0, 0.1) is 6.92 Å². The standard InChI is InChI=1S/C16H25NOS/c1-4-5-6-7-8-13(3)18-15-11-12(2)9-10-14(15)16(17)19/h9-11,13H,4-8H2,1-3H3,(H2,17,19). The van der Waals surface area contributed by atoms with Gasteiger partial charge < -0.3 is 10.5 Å². The van der Waals surface area contributed by atoms with Crippen molar-refractivity contribution in [1.82, 2.24) is 0 Å². The van der Waals surface area contributed by atoms with Crippen LogP contribution >= 0.6 is 12.2 Å². The lowest BCUT2D eigenvalue weighted by atomic mass is 10.1. The molecule has 0 aliphatic rings. The third kappa shape index (κ3) is 5.60. The van der Waals surface area contributed by atoms with Crippen LogP contribution in [0.3, 0.4) is 0 Å². The highest BCUT2D eigenvalue weighted by Gasteiger charge is 2.10. The maximum absolute atomic E-state index is 6.00. The molecule has 0 radical (unpaired) electrons. The van der Waals surface area contributed by atoms with Gasteiger partial charge in [0.1, 0.15) is 10.7 Å². The van der Waals surface area contributed by atoms with E-state index in [0.717, 1.165) is 23.3 Å². The van der Waals surface area contributed by atoms with Crippen LogP contribution in [-0.2, 0) is 0 Å². The minimum atomic E-state index is 0.201. The Morgan fingerprint density at radius 1 is 1.32 bits per heavy atom. The second kappa shape index (κ2) is 8.16. The molecule has 0 amide bonds. The number of unbranched alkanes of at least 4 members (excludes halogenated alkanes) is 3. The van der Waals surface area contributed by atoms with Gasteiger partial charge in [0.05, 0.1) is 11.7 Å². The summed E-state index contributed by atoms with van der Waals surface area (Å²) < 4.78 is 6.00. The van der Waals surface area contributed by atoms with Crippen LogP contribution in [0.15, 0.2) is 18.2 Å². The average molecular weight is 279 g/mol. The number of hydrogen-bond donors (Lipinski definition) is 1. The molecule has 0 heterocycles. The van der Waals surface area contributed by atoms with Gasteiger partial charge in [-0.15, -0.1) is 0 Å². The Balaban J connectivity index is 2.60. The first-order valence-corrected chi connectivity index (χ1v) is 7.52. The lowest BCUT2D eigenvalue weighted by molar-refractivity contribution is 0.206. The van der Waals surface area contributed by atoms with E-state index < -0.39 is 0 Å². The van der Waals surface area contributed by atoms with Gasteiger partial charge in [-0.2, -0.15) is 0 Å². The minimum Gasteiger partial charge on any atom is -0.490 e. The molecule has 0 fully saturated rings. The summed E-state index contributed by atoms with van der Waals surface area (Å²) in [6.45, 7) is 6.38. The van der Waals surface area contributed by atoms with Crippen LogP contribution in [-0.4, -0.2) is 11.1 Å². The van der Waals surface area contributed by atoms with Crippen molar-refractivity contribution in [3.8, 4) is 5.75 Å². The summed E-state index contributed by atoms with van der Waals surface area (Å²) in [6, 6.07) is 5.96. The Morgan fingerprint density at radius 2 is 2.05 bits per heavy atom. The number of benzene rings is 1. The summed E-state index contributed by atoms with van der Waals surface area (Å²) in [5.74, 6) is 0.815. The molecule has 0 bridgehead atoms. The predicted octanol–water partition coefficient (Wildman–Crippen LogP) is 4.37. The van der Waals surface area contributed by atoms with E-state index in [1.807, 2.05) is 25.1 Å². The summed E-state index contributed by atoms with van der Waals surface area (Å²) in [5.41, 5.74) is 7.73. The zero-order chi connectivity index (χ0) is 14.3. The van der Waals surface area contributed by atoms with E-state index in [2.05, 4.69) is 13.8 Å². The third-order valence-corrected chi connectivity index (χ3v) is 3.41. The molecular formula is C16H25NOS. The van der Waals surface area contributed by atoms with Gasteiger partial charge in [-0.3, -0.25) is 0 Å². The Kier molecular flexibility index (Phi) is 6.85. The van der Waals surface area contributed by atoms with E-state index in [0.29, 0.717) is 4.99 Å². The van der Waals surface area contributed by atoms with Gasteiger partial charge in [0.2, 0.25) is 0 Å². The quantitative estimate of drug-likeness (QED) is 0.567. The fourth-order valence-electron chi connectivity index (χ4n) is 2.06. The third-order valence-electron chi connectivity index (χ3n) is 3.19. The molecule has 0 saturated heterocycles. The number of nitrogens with two attached hydrogens (primary N) is 1. The maximum Gasteiger partial charge on any atom is 0.130 e. The van der Waals surface area contributed by atoms with Crippen molar-refractivity contribution in [2.75, 3.05) is 0 Å². The average Bonchev–Trinajstić information content (AvgIpc) is 2.34. The second-order valence-electron chi connectivity index (χ2n) is 5.14. The smallest absolute Gasteiger partial charge is 0.130 e. The van der Waals surface area contributed by atoms with Gasteiger partial charge >= 0.3 is 0 Å². The Bertz CT molecular complexity index is 417. The summed E-state index contributed by atoms with van der Waals surface area (Å²) in [4.78, 5) is 0.396. The van der Waals surface area contributed by atoms with Crippen molar-refractivity contribution >= 4 is 17.2 Å². The first-order valence-electron chi connectivity index (χ1n) is 7.11. The molecule has 0 spiro atoms. The highest BCUT2D eigenvalue weighted by atomic mass is 32.1. The van der Waals surface area contributed by atoms with Crippen LogP contribution in [0.4, 0.5) is 0 Å². The van der Waals surface area contributed by atoms with E-state index in [9.17, 15) is 0 Å². The predicted molar refractivity (Wildman–Crippen MR) is 85.9 cm³/mol. The van der Waals surface area contributed by atoms with Crippen molar-refractivity contribution < 1.29 is 4.74 Å². The molecular weight excluding hydrogens is 254 g/mol. The molecule has 0 aliphatic heterocycles. The van der Waals surface area contributed by atoms with E-state index in [-0.39, 0.29) is 6.10 Å². The van der Waals surface area contributed by atoms with Gasteiger partial charge in [-0.05, 0) is 44.4 Å². The molecule has 2 nitrogen and oxygen atoms in total. The Morgan fingerprint density at radius 3 is 2.68 bits per heavy atom. The Hall–Kier alpha value is -1.09. The molecule has 1 aromatic rings. The lowest BCUT2D eigenvalue weighted by Gasteiger charge is -2.17. The maximum atomic E-state index is 6.00. The number of rotatable bonds is 8. The fraction of sp³-hybridized carbons (Fsp3) is 0.562. The van der Waals surface area contributed by atoms with Gasteiger partial charge in [0, 0.05) is 0 Å². The normalized spacial score (nSPS) is 12.2. The zero-order valence-electron chi connectivity index (χ0n) is 12.2. The molecule has 1 rings (SSSR count). The number of thiocarbonyl (C=S) groups is 1. The van der Waals surface area contributed by atoms with E-state index >= 15 is 0 Å². The fourth-order valence-corrected chi connectivity index (χ4v) is 2.23. The van der Waals surface area contributed by atoms with E-state index in [4.69, 9.17) is 22.7 Å². The van der Waals surface area contributed by atoms with Crippen molar-refractivity contribution in [2.24, 2.45) is 5.73 Å². The van der Waals surface area contributed by atoms with Crippen molar-refractivity contribution in [1.29, 1.82) is 0 Å². The van der Waals surface area contributed by atoms with E-state index in [1.54, 1.807) is 0 Å². The van der Waals surface area contributed by atoms with Crippen LogP contribution < -0.4 is 10.5 Å². The summed E-state index contributed by atoms with van der Waals surface area (Å²) >= 11 is 5.07. The van der Waals surface area contributed by atoms with E-state index in [1.165, 1.54) is 25.7 Å². The van der Waals surface area contributed by atoms with Crippen LogP contribution in [0.1, 0.15) is 57.1 Å². The molecule has 3 heteroatoms. The second-order valence-corrected chi connectivity index (χ2v) is 5.58. The Labute approximate surface area is 122 Å². The molecule has 1 atom stereocenters. The first-order chi connectivity index (χ1) is 9.04. The van der Waals surface area contributed by atoms with Crippen LogP contribution in [0.2, 0.25) is 0 Å². The highest BCUT2D eigenvalue weighted by Crippen LogP contribution is 2.22. The monoisotopic (exact) mass is 279 g/mol. The van der Waals surface area contributed by atoms with Crippen molar-refractivity contribution in [3.05, 3.63) is 29.3 Å². The molecule has 106 valence electrons. The number of hydrogen-bond acceptors (Lipinski definition) is 2. The molecule has 0 aromatic heterocycles. The molecule has 2 N–H and O–H groups in total. The summed E-state index contributed by atoms with van der Waals surface area (Å²) in [7, 11) is 0.